The summed E-state index contributed by atoms with van der Waals surface area (Å²) in [5.74, 6) is -0.532. The first-order valence-corrected chi connectivity index (χ1v) is 4.53. The predicted octanol–water partition coefficient (Wildman–Crippen LogP) is 1.43. The molecule has 1 rings (SSSR count). The number of hydrogen-bond acceptors (Lipinski definition) is 3. The van der Waals surface area contributed by atoms with Crippen molar-refractivity contribution in [2.75, 3.05) is 7.11 Å². The molecule has 2 N–H and O–H groups in total. The fourth-order valence-corrected chi connectivity index (χ4v) is 1.61. The highest BCUT2D eigenvalue weighted by Gasteiger charge is 2.17. The van der Waals surface area contributed by atoms with Crippen LogP contribution in [0.25, 0.3) is 0 Å². The van der Waals surface area contributed by atoms with Gasteiger partial charge in [0, 0.05) is 0 Å². The summed E-state index contributed by atoms with van der Waals surface area (Å²) in [6.07, 6.45) is -1.48. The third kappa shape index (κ3) is 2.27. The molecule has 1 unspecified atom stereocenters. The van der Waals surface area contributed by atoms with Crippen LogP contribution >= 0.6 is 0 Å². The van der Waals surface area contributed by atoms with E-state index in [1.54, 1.807) is 19.2 Å². The molecule has 15 heavy (non-hydrogen) atoms. The van der Waals surface area contributed by atoms with Gasteiger partial charge in [0.05, 0.1) is 7.11 Å². The molecule has 0 aliphatic rings. The number of aryl methyl sites for hydroxylation is 2. The van der Waals surface area contributed by atoms with Crippen LogP contribution in [0.4, 0.5) is 0 Å². The van der Waals surface area contributed by atoms with Crippen molar-refractivity contribution in [3.05, 3.63) is 28.8 Å². The number of aliphatic hydroxyl groups excluding tert-OH is 1. The second-order valence-corrected chi connectivity index (χ2v) is 3.43. The van der Waals surface area contributed by atoms with Gasteiger partial charge in [-0.15, -0.1) is 0 Å². The zero-order chi connectivity index (χ0) is 11.6. The zero-order valence-electron chi connectivity index (χ0n) is 8.94. The Labute approximate surface area is 88.1 Å². The van der Waals surface area contributed by atoms with Crippen molar-refractivity contribution >= 4 is 5.97 Å². The monoisotopic (exact) mass is 210 g/mol. The van der Waals surface area contributed by atoms with Crippen LogP contribution in [-0.2, 0) is 4.79 Å². The van der Waals surface area contributed by atoms with Crippen LogP contribution in [0.2, 0.25) is 0 Å². The lowest BCUT2D eigenvalue weighted by molar-refractivity contribution is -0.146. The van der Waals surface area contributed by atoms with Gasteiger partial charge in [0.25, 0.3) is 0 Å². The van der Waals surface area contributed by atoms with Crippen molar-refractivity contribution in [3.63, 3.8) is 0 Å². The summed E-state index contributed by atoms with van der Waals surface area (Å²) < 4.78 is 5.14. The first kappa shape index (κ1) is 11.5. The van der Waals surface area contributed by atoms with Gasteiger partial charge in [0.2, 0.25) is 0 Å². The van der Waals surface area contributed by atoms with Crippen LogP contribution in [-0.4, -0.2) is 23.3 Å². The quantitative estimate of drug-likeness (QED) is 0.792. The molecular formula is C11H14O4. The van der Waals surface area contributed by atoms with Crippen molar-refractivity contribution < 1.29 is 19.7 Å². The lowest BCUT2D eigenvalue weighted by atomic mass is 10.0. The van der Waals surface area contributed by atoms with Gasteiger partial charge in [-0.25, -0.2) is 4.79 Å². The van der Waals surface area contributed by atoms with E-state index in [1.165, 1.54) is 0 Å². The van der Waals surface area contributed by atoms with Crippen LogP contribution in [0.3, 0.4) is 0 Å². The van der Waals surface area contributed by atoms with Crippen molar-refractivity contribution in [3.8, 4) is 5.75 Å². The number of rotatable bonds is 3. The van der Waals surface area contributed by atoms with E-state index >= 15 is 0 Å². The smallest absolute Gasteiger partial charge is 0.337 e. The van der Waals surface area contributed by atoms with Crippen LogP contribution in [0, 0.1) is 13.8 Å². The van der Waals surface area contributed by atoms with Crippen molar-refractivity contribution in [1.82, 2.24) is 0 Å². The SMILES string of the molecule is COc1c(C)cc(C(O)C(=O)O)cc1C. The van der Waals surface area contributed by atoms with E-state index in [0.29, 0.717) is 5.56 Å². The van der Waals surface area contributed by atoms with Crippen molar-refractivity contribution in [2.24, 2.45) is 0 Å². The number of ether oxygens (including phenoxy) is 1. The first-order chi connectivity index (χ1) is 6.97. The highest BCUT2D eigenvalue weighted by molar-refractivity contribution is 5.74. The van der Waals surface area contributed by atoms with Crippen LogP contribution in [0.15, 0.2) is 12.1 Å². The Morgan fingerprint density at radius 1 is 1.33 bits per heavy atom. The molecule has 0 amide bonds. The molecule has 0 aliphatic heterocycles. The van der Waals surface area contributed by atoms with Crippen LogP contribution < -0.4 is 4.74 Å². The highest BCUT2D eigenvalue weighted by Crippen LogP contribution is 2.27. The predicted molar refractivity (Wildman–Crippen MR) is 55.1 cm³/mol. The molecule has 0 saturated heterocycles. The number of methoxy groups -OCH3 is 1. The molecule has 0 radical (unpaired) electrons. The van der Waals surface area contributed by atoms with E-state index in [1.807, 2.05) is 13.8 Å². The minimum Gasteiger partial charge on any atom is -0.496 e. The molecule has 82 valence electrons. The average molecular weight is 210 g/mol. The summed E-state index contributed by atoms with van der Waals surface area (Å²) in [5.41, 5.74) is 2.00. The summed E-state index contributed by atoms with van der Waals surface area (Å²) in [7, 11) is 1.56. The minimum absolute atomic E-state index is 0.373. The number of aliphatic hydroxyl groups is 1. The van der Waals surface area contributed by atoms with Crippen molar-refractivity contribution in [1.29, 1.82) is 0 Å². The van der Waals surface area contributed by atoms with E-state index in [2.05, 4.69) is 0 Å². The van der Waals surface area contributed by atoms with Gasteiger partial charge in [0.1, 0.15) is 5.75 Å². The number of carbonyl (C=O) groups is 1. The third-order valence-electron chi connectivity index (χ3n) is 2.24. The largest absolute Gasteiger partial charge is 0.496 e. The van der Waals surface area contributed by atoms with Gasteiger partial charge < -0.3 is 14.9 Å². The van der Waals surface area contributed by atoms with Crippen molar-refractivity contribution in [2.45, 2.75) is 20.0 Å². The number of carboxylic acids is 1. The number of benzene rings is 1. The Morgan fingerprint density at radius 2 is 1.80 bits per heavy atom. The Hall–Kier alpha value is -1.55. The fraction of sp³-hybridized carbons (Fsp3) is 0.364. The van der Waals surface area contributed by atoms with Gasteiger partial charge >= 0.3 is 5.97 Å². The third-order valence-corrected chi connectivity index (χ3v) is 2.24. The minimum atomic E-state index is -1.48. The maximum atomic E-state index is 10.6. The van der Waals surface area contributed by atoms with Crippen LogP contribution in [0.5, 0.6) is 5.75 Å². The summed E-state index contributed by atoms with van der Waals surface area (Å²) in [4.78, 5) is 10.6. The Kier molecular flexibility index (Phi) is 3.31. The maximum absolute atomic E-state index is 10.6. The maximum Gasteiger partial charge on any atom is 0.337 e. The molecule has 0 fully saturated rings. The zero-order valence-corrected chi connectivity index (χ0v) is 8.94. The molecule has 1 aromatic rings. The molecule has 0 aromatic heterocycles. The second kappa shape index (κ2) is 4.31. The van der Waals surface area contributed by atoms with Gasteiger partial charge in [-0.1, -0.05) is 0 Å². The molecule has 0 aliphatic carbocycles. The van der Waals surface area contributed by atoms with E-state index in [0.717, 1.165) is 16.9 Å². The topological polar surface area (TPSA) is 66.8 Å². The number of hydrogen-bond donors (Lipinski definition) is 2. The Bertz CT molecular complexity index is 361. The Morgan fingerprint density at radius 3 is 2.13 bits per heavy atom. The van der Waals surface area contributed by atoms with Gasteiger partial charge in [0.15, 0.2) is 6.10 Å². The standard InChI is InChI=1S/C11H14O4/c1-6-4-8(9(12)11(13)14)5-7(2)10(6)15-3/h4-5,9,12H,1-3H3,(H,13,14). The average Bonchev–Trinajstić information content (AvgIpc) is 2.15. The fourth-order valence-electron chi connectivity index (χ4n) is 1.61. The normalized spacial score (nSPS) is 12.3. The van der Waals surface area contributed by atoms with E-state index in [4.69, 9.17) is 9.84 Å². The lowest BCUT2D eigenvalue weighted by Crippen LogP contribution is -2.11. The van der Waals surface area contributed by atoms with Gasteiger partial charge in [-0.2, -0.15) is 0 Å². The molecule has 0 saturated carbocycles. The lowest BCUT2D eigenvalue weighted by Gasteiger charge is -2.12. The highest BCUT2D eigenvalue weighted by atomic mass is 16.5. The summed E-state index contributed by atoms with van der Waals surface area (Å²) in [6.45, 7) is 3.62. The molecule has 1 aromatic carbocycles. The molecule has 4 heteroatoms. The second-order valence-electron chi connectivity index (χ2n) is 3.43. The molecular weight excluding hydrogens is 196 g/mol. The van der Waals surface area contributed by atoms with Gasteiger partial charge in [-0.3, -0.25) is 0 Å². The summed E-state index contributed by atoms with van der Waals surface area (Å²) in [6, 6.07) is 3.23. The molecule has 0 heterocycles. The molecule has 4 nitrogen and oxygen atoms in total. The van der Waals surface area contributed by atoms with E-state index < -0.39 is 12.1 Å². The van der Waals surface area contributed by atoms with Crippen LogP contribution in [0.1, 0.15) is 22.8 Å². The van der Waals surface area contributed by atoms with E-state index in [-0.39, 0.29) is 0 Å². The molecule has 0 spiro atoms. The number of carboxylic acid groups (broad SMARTS) is 1. The molecule has 1 atom stereocenters. The van der Waals surface area contributed by atoms with Gasteiger partial charge in [-0.05, 0) is 42.7 Å². The van der Waals surface area contributed by atoms with E-state index in [9.17, 15) is 9.90 Å². The number of aliphatic carboxylic acids is 1. The summed E-state index contributed by atoms with van der Waals surface area (Å²) >= 11 is 0. The Balaban J connectivity index is 3.19. The molecule has 0 bridgehead atoms. The first-order valence-electron chi connectivity index (χ1n) is 4.53. The summed E-state index contributed by atoms with van der Waals surface area (Å²) in [5, 5.41) is 18.0.